The van der Waals surface area contributed by atoms with E-state index >= 15 is 0 Å². The Morgan fingerprint density at radius 1 is 1.00 bits per heavy atom. The van der Waals surface area contributed by atoms with Gasteiger partial charge in [-0.25, -0.2) is 0 Å². The normalized spacial score (nSPS) is 10.8. The minimum Gasteiger partial charge on any atom is -0.124 e. The molecule has 0 aliphatic carbocycles. The summed E-state index contributed by atoms with van der Waals surface area (Å²) in [6.07, 6.45) is 0. The Kier molecular flexibility index (Phi) is 6.50. The van der Waals surface area contributed by atoms with E-state index < -0.39 is 0 Å². The third kappa shape index (κ3) is 3.72. The highest BCUT2D eigenvalue weighted by Crippen LogP contribution is 2.41. The third-order valence-corrected chi connectivity index (χ3v) is 6.08. The maximum atomic E-state index is 2.35. The van der Waals surface area contributed by atoms with Crippen LogP contribution in [0.1, 0.15) is 20.8 Å². The predicted octanol–water partition coefficient (Wildman–Crippen LogP) is 5.08. The molecule has 1 heterocycles. The molecule has 80 valence electrons. The van der Waals surface area contributed by atoms with Gasteiger partial charge in [0, 0.05) is 4.90 Å². The molecule has 0 saturated carbocycles. The lowest BCUT2D eigenvalue weighted by Gasteiger charge is -1.97. The van der Waals surface area contributed by atoms with Crippen molar-refractivity contribution in [1.82, 2.24) is 0 Å². The Bertz CT molecular complexity index is 244. The van der Waals surface area contributed by atoms with Gasteiger partial charge in [0.2, 0.25) is 0 Å². The molecule has 0 radical (unpaired) electrons. The van der Waals surface area contributed by atoms with E-state index in [2.05, 4.69) is 26.8 Å². The Morgan fingerprint density at radius 3 is 2.21 bits per heavy atom. The number of hydrogen-bond acceptors (Lipinski definition) is 4. The molecule has 0 unspecified atom stereocenters. The number of hydrogen-bond donors (Lipinski definition) is 0. The molecule has 0 amide bonds. The lowest BCUT2D eigenvalue weighted by Crippen LogP contribution is -1.71. The molecule has 14 heavy (non-hydrogen) atoms. The van der Waals surface area contributed by atoms with Gasteiger partial charge in [-0.05, 0) is 23.3 Å². The van der Waals surface area contributed by atoms with E-state index in [1.165, 1.54) is 30.6 Å². The van der Waals surface area contributed by atoms with Crippen molar-refractivity contribution in [3.8, 4) is 0 Å². The fourth-order valence-corrected chi connectivity index (χ4v) is 5.80. The van der Waals surface area contributed by atoms with Crippen LogP contribution in [0.4, 0.5) is 0 Å². The molecule has 0 aliphatic heterocycles. The van der Waals surface area contributed by atoms with E-state index in [4.69, 9.17) is 0 Å². The van der Waals surface area contributed by atoms with E-state index in [0.717, 1.165) is 0 Å². The Labute approximate surface area is 104 Å². The molecule has 1 aromatic rings. The van der Waals surface area contributed by atoms with Gasteiger partial charge in [-0.1, -0.05) is 20.8 Å². The summed E-state index contributed by atoms with van der Waals surface area (Å²) >= 11 is 7.85. The van der Waals surface area contributed by atoms with Crippen LogP contribution in [0.15, 0.2) is 19.4 Å². The van der Waals surface area contributed by atoms with Crippen LogP contribution in [0.5, 0.6) is 0 Å². The maximum absolute atomic E-state index is 2.35. The average molecular weight is 265 g/mol. The summed E-state index contributed by atoms with van der Waals surface area (Å²) in [7, 11) is 0. The average Bonchev–Trinajstić information content (AvgIpc) is 2.50. The largest absolute Gasteiger partial charge is 0.124 e. The zero-order valence-corrected chi connectivity index (χ0v) is 12.1. The first-order valence-electron chi connectivity index (χ1n) is 4.84. The van der Waals surface area contributed by atoms with Crippen molar-refractivity contribution < 1.29 is 0 Å². The molecule has 4 heteroatoms. The molecule has 0 bridgehead atoms. The van der Waals surface area contributed by atoms with Gasteiger partial charge in [0.1, 0.15) is 0 Å². The van der Waals surface area contributed by atoms with Crippen molar-refractivity contribution in [1.29, 1.82) is 0 Å². The summed E-state index contributed by atoms with van der Waals surface area (Å²) in [5.74, 6) is 3.52. The topological polar surface area (TPSA) is 0 Å². The highest BCUT2D eigenvalue weighted by Gasteiger charge is 2.08. The second-order valence-electron chi connectivity index (χ2n) is 2.52. The smallest absolute Gasteiger partial charge is 0.0746 e. The van der Waals surface area contributed by atoms with Gasteiger partial charge in [-0.15, -0.1) is 46.6 Å². The van der Waals surface area contributed by atoms with Crippen LogP contribution < -0.4 is 0 Å². The summed E-state index contributed by atoms with van der Waals surface area (Å²) in [5, 5.41) is 0. The molecular formula is C10H16S4. The molecule has 0 saturated heterocycles. The molecule has 0 nitrogen and oxygen atoms in total. The van der Waals surface area contributed by atoms with Crippen LogP contribution in [0.2, 0.25) is 0 Å². The van der Waals surface area contributed by atoms with Crippen LogP contribution in [0.3, 0.4) is 0 Å². The van der Waals surface area contributed by atoms with E-state index in [-0.39, 0.29) is 0 Å². The lowest BCUT2D eigenvalue weighted by atomic mass is 10.7. The highest BCUT2D eigenvalue weighted by molar-refractivity contribution is 8.05. The molecule has 0 atom stereocenters. The van der Waals surface area contributed by atoms with E-state index in [9.17, 15) is 0 Å². The van der Waals surface area contributed by atoms with Crippen molar-refractivity contribution in [2.75, 3.05) is 17.3 Å². The van der Waals surface area contributed by atoms with Crippen molar-refractivity contribution in [3.63, 3.8) is 0 Å². The lowest BCUT2D eigenvalue weighted by molar-refractivity contribution is 1.35. The molecule has 0 aliphatic rings. The van der Waals surface area contributed by atoms with Crippen molar-refractivity contribution in [2.45, 2.75) is 34.1 Å². The zero-order chi connectivity index (χ0) is 10.4. The van der Waals surface area contributed by atoms with Crippen molar-refractivity contribution in [2.24, 2.45) is 0 Å². The summed E-state index contributed by atoms with van der Waals surface area (Å²) in [5.41, 5.74) is 0. The zero-order valence-electron chi connectivity index (χ0n) is 8.83. The van der Waals surface area contributed by atoms with Crippen molar-refractivity contribution in [3.05, 3.63) is 6.07 Å². The van der Waals surface area contributed by atoms with Crippen molar-refractivity contribution >= 4 is 46.6 Å². The Morgan fingerprint density at radius 2 is 1.64 bits per heavy atom. The van der Waals surface area contributed by atoms with Crippen LogP contribution in [0.25, 0.3) is 0 Å². The summed E-state index contributed by atoms with van der Waals surface area (Å²) < 4.78 is 2.98. The Balaban J connectivity index is 2.76. The summed E-state index contributed by atoms with van der Waals surface area (Å²) in [4.78, 5) is 1.49. The highest BCUT2D eigenvalue weighted by atomic mass is 32.2. The van der Waals surface area contributed by atoms with Gasteiger partial charge in [-0.3, -0.25) is 0 Å². The fourth-order valence-electron chi connectivity index (χ4n) is 1.04. The molecule has 0 N–H and O–H groups in total. The molecule has 1 aromatic heterocycles. The number of rotatable bonds is 6. The fraction of sp³-hybridized carbons (Fsp3) is 0.600. The standard InChI is InChI=1S/C10H16S4/c1-4-11-8-7-9(12-5-2)14-10(8)13-6-3/h7H,4-6H2,1-3H3. The number of thiophene rings is 1. The second kappa shape index (κ2) is 7.09. The quantitative estimate of drug-likeness (QED) is 0.657. The molecule has 0 fully saturated rings. The Hall–Kier alpha value is 0.750. The van der Waals surface area contributed by atoms with E-state index in [1.54, 1.807) is 0 Å². The molecule has 0 aromatic carbocycles. The SMILES string of the molecule is CCSc1cc(SCC)c(SCC)s1. The van der Waals surface area contributed by atoms with Gasteiger partial charge < -0.3 is 0 Å². The first-order chi connectivity index (χ1) is 6.81. The van der Waals surface area contributed by atoms with Crippen LogP contribution in [-0.2, 0) is 0 Å². The van der Waals surface area contributed by atoms with E-state index in [0.29, 0.717) is 0 Å². The van der Waals surface area contributed by atoms with Gasteiger partial charge in [0.25, 0.3) is 0 Å². The molecule has 1 rings (SSSR count). The number of thioether (sulfide) groups is 3. The molecular weight excluding hydrogens is 248 g/mol. The first-order valence-corrected chi connectivity index (χ1v) is 8.61. The summed E-state index contributed by atoms with van der Waals surface area (Å²) in [6, 6.07) is 2.35. The monoisotopic (exact) mass is 264 g/mol. The van der Waals surface area contributed by atoms with Crippen LogP contribution in [-0.4, -0.2) is 17.3 Å². The van der Waals surface area contributed by atoms with Gasteiger partial charge in [-0.2, -0.15) is 0 Å². The van der Waals surface area contributed by atoms with Gasteiger partial charge in [0.05, 0.1) is 8.42 Å². The maximum Gasteiger partial charge on any atom is 0.0746 e. The van der Waals surface area contributed by atoms with E-state index in [1.807, 2.05) is 46.6 Å². The van der Waals surface area contributed by atoms with Gasteiger partial charge >= 0.3 is 0 Å². The molecule has 0 spiro atoms. The first kappa shape index (κ1) is 12.8. The minimum atomic E-state index is 1.17. The van der Waals surface area contributed by atoms with Gasteiger partial charge in [0.15, 0.2) is 0 Å². The minimum absolute atomic E-state index is 1.17. The van der Waals surface area contributed by atoms with Crippen LogP contribution in [0, 0.1) is 0 Å². The third-order valence-electron chi connectivity index (χ3n) is 1.51. The van der Waals surface area contributed by atoms with Crippen LogP contribution >= 0.6 is 46.6 Å². The predicted molar refractivity (Wildman–Crippen MR) is 73.5 cm³/mol. The second-order valence-corrected chi connectivity index (χ2v) is 7.97. The summed E-state index contributed by atoms with van der Waals surface area (Å²) in [6.45, 7) is 6.65.